The third kappa shape index (κ3) is 20.1. The van der Waals surface area contributed by atoms with Gasteiger partial charge in [0.25, 0.3) is 10.1 Å². The summed E-state index contributed by atoms with van der Waals surface area (Å²) in [5.74, 6) is -0.130. The summed E-state index contributed by atoms with van der Waals surface area (Å²) in [5.41, 5.74) is 0. The molecule has 3 N–H and O–H groups in total. The summed E-state index contributed by atoms with van der Waals surface area (Å²) in [6.07, 6.45) is 11.8. The highest BCUT2D eigenvalue weighted by Crippen LogP contribution is 2.35. The Kier molecular flexibility index (Phi) is 12.5. The molecule has 0 saturated heterocycles. The average molecular weight is 358 g/mol. The lowest BCUT2D eigenvalue weighted by molar-refractivity contribution is 0.370. The molecule has 6 nitrogen and oxygen atoms in total. The molecule has 0 radical (unpaired) electrons. The maximum Gasteiger partial charge on any atom is 0.325 e. The second-order valence-corrected chi connectivity index (χ2v) is 9.27. The van der Waals surface area contributed by atoms with E-state index in [-0.39, 0.29) is 11.9 Å². The Bertz CT molecular complexity index is 404. The van der Waals surface area contributed by atoms with Crippen LogP contribution in [0.25, 0.3) is 0 Å². The minimum atomic E-state index is -3.80. The van der Waals surface area contributed by atoms with Crippen molar-refractivity contribution in [1.29, 1.82) is 0 Å². The Hall–Kier alpha value is 0.0600. The van der Waals surface area contributed by atoms with Crippen molar-refractivity contribution < 1.29 is 27.3 Å². The zero-order valence-electron chi connectivity index (χ0n) is 13.3. The highest BCUT2D eigenvalue weighted by atomic mass is 32.2. The van der Waals surface area contributed by atoms with Crippen molar-refractivity contribution >= 4 is 17.7 Å². The van der Waals surface area contributed by atoms with Gasteiger partial charge in [0, 0.05) is 6.16 Å². The van der Waals surface area contributed by atoms with Gasteiger partial charge in [-0.25, -0.2) is 0 Å². The van der Waals surface area contributed by atoms with Crippen LogP contribution in [-0.4, -0.2) is 34.7 Å². The van der Waals surface area contributed by atoms with Gasteiger partial charge in [-0.1, -0.05) is 64.2 Å². The maximum absolute atomic E-state index is 10.6. The van der Waals surface area contributed by atoms with Gasteiger partial charge in [-0.2, -0.15) is 8.42 Å². The molecule has 0 aromatic carbocycles. The smallest absolute Gasteiger partial charge is 0.324 e. The van der Waals surface area contributed by atoms with Crippen LogP contribution < -0.4 is 0 Å². The van der Waals surface area contributed by atoms with E-state index >= 15 is 0 Å². The van der Waals surface area contributed by atoms with Crippen molar-refractivity contribution in [1.82, 2.24) is 0 Å². The molecule has 0 unspecified atom stereocenters. The quantitative estimate of drug-likeness (QED) is 0.234. The van der Waals surface area contributed by atoms with Crippen LogP contribution in [0.4, 0.5) is 0 Å². The van der Waals surface area contributed by atoms with Gasteiger partial charge in [0.1, 0.15) is 0 Å². The van der Waals surface area contributed by atoms with E-state index in [2.05, 4.69) is 0 Å². The fourth-order valence-corrected chi connectivity index (χ4v) is 3.57. The van der Waals surface area contributed by atoms with E-state index in [9.17, 15) is 13.0 Å². The summed E-state index contributed by atoms with van der Waals surface area (Å²) in [6.45, 7) is 0. The van der Waals surface area contributed by atoms with Crippen LogP contribution in [-0.2, 0) is 14.7 Å². The van der Waals surface area contributed by atoms with E-state index in [1.165, 1.54) is 19.3 Å². The molecule has 0 aliphatic heterocycles. The Balaban J connectivity index is 3.13. The third-order valence-electron chi connectivity index (χ3n) is 3.60. The molecule has 0 saturated carbocycles. The lowest BCUT2D eigenvalue weighted by atomic mass is 10.1. The van der Waals surface area contributed by atoms with E-state index < -0.39 is 17.7 Å². The van der Waals surface area contributed by atoms with E-state index in [4.69, 9.17) is 14.3 Å². The Morgan fingerprint density at radius 2 is 0.955 bits per heavy atom. The number of unbranched alkanes of at least 4 members (excludes halogenated alkanes) is 11. The number of rotatable bonds is 15. The first-order valence-corrected chi connectivity index (χ1v) is 11.6. The molecular weight excluding hydrogens is 327 g/mol. The molecule has 0 aromatic heterocycles. The van der Waals surface area contributed by atoms with Crippen LogP contribution in [0.15, 0.2) is 0 Å². The van der Waals surface area contributed by atoms with Crippen LogP contribution in [0, 0.1) is 0 Å². The van der Waals surface area contributed by atoms with Gasteiger partial charge in [-0.15, -0.1) is 0 Å². The first kappa shape index (κ1) is 22.1. The van der Waals surface area contributed by atoms with Crippen molar-refractivity contribution in [3.8, 4) is 0 Å². The van der Waals surface area contributed by atoms with Gasteiger partial charge in [-0.3, -0.25) is 9.12 Å². The van der Waals surface area contributed by atoms with Crippen LogP contribution in [0.5, 0.6) is 0 Å². The molecule has 0 aromatic rings. The minimum absolute atomic E-state index is 0.00455. The van der Waals surface area contributed by atoms with Gasteiger partial charge in [0.05, 0.1) is 5.75 Å². The standard InChI is InChI=1S/C14H31O6PS/c15-21(16,17)13-11-9-7-5-3-1-2-4-6-8-10-12-14-22(18,19)20/h1-14H2,(H2,15,16,17)(H,18,19,20). The maximum atomic E-state index is 10.6. The van der Waals surface area contributed by atoms with Crippen LogP contribution in [0.2, 0.25) is 0 Å². The Labute approximate surface area is 134 Å². The molecule has 0 amide bonds. The Morgan fingerprint density at radius 3 is 1.27 bits per heavy atom. The first-order valence-electron chi connectivity index (χ1n) is 8.20. The summed E-state index contributed by atoms with van der Waals surface area (Å²) in [5, 5.41) is 0. The third-order valence-corrected chi connectivity index (χ3v) is 5.31. The van der Waals surface area contributed by atoms with Gasteiger partial charge in [0.2, 0.25) is 0 Å². The van der Waals surface area contributed by atoms with Gasteiger partial charge in [0.15, 0.2) is 0 Å². The lowest BCUT2D eigenvalue weighted by Gasteiger charge is -2.04. The molecule has 0 atom stereocenters. The fourth-order valence-electron chi connectivity index (χ4n) is 2.37. The summed E-state index contributed by atoms with van der Waals surface area (Å²) < 4.78 is 40.2. The Morgan fingerprint density at radius 1 is 0.636 bits per heavy atom. The summed E-state index contributed by atoms with van der Waals surface area (Å²) in [4.78, 5) is 17.4. The first-order chi connectivity index (χ1) is 10.2. The summed E-state index contributed by atoms with van der Waals surface area (Å²) >= 11 is 0. The van der Waals surface area contributed by atoms with Crippen LogP contribution in [0.1, 0.15) is 77.0 Å². The van der Waals surface area contributed by atoms with Gasteiger partial charge < -0.3 is 9.79 Å². The van der Waals surface area contributed by atoms with E-state index in [1.54, 1.807) is 0 Å². The molecule has 0 aliphatic carbocycles. The normalized spacial score (nSPS) is 12.7. The van der Waals surface area contributed by atoms with Crippen molar-refractivity contribution in [2.24, 2.45) is 0 Å². The minimum Gasteiger partial charge on any atom is -0.324 e. The van der Waals surface area contributed by atoms with E-state index in [1.807, 2.05) is 0 Å². The zero-order valence-corrected chi connectivity index (χ0v) is 15.0. The lowest BCUT2D eigenvalue weighted by Crippen LogP contribution is -2.03. The summed E-state index contributed by atoms with van der Waals surface area (Å²) in [6, 6.07) is 0. The highest BCUT2D eigenvalue weighted by Gasteiger charge is 2.10. The molecule has 0 aliphatic rings. The second-order valence-electron chi connectivity index (χ2n) is 5.92. The SMILES string of the molecule is O=P(O)(O)CCCCCCCCCCCCCCS(=O)(=O)O. The highest BCUT2D eigenvalue weighted by molar-refractivity contribution is 7.85. The second kappa shape index (κ2) is 12.5. The molecule has 22 heavy (non-hydrogen) atoms. The largest absolute Gasteiger partial charge is 0.325 e. The molecule has 0 spiro atoms. The molecular formula is C14H31O6PS. The fraction of sp³-hybridized carbons (Fsp3) is 1.00. The predicted octanol–water partition coefficient (Wildman–Crippen LogP) is 3.73. The van der Waals surface area contributed by atoms with Gasteiger partial charge >= 0.3 is 7.60 Å². The molecule has 0 rings (SSSR count). The van der Waals surface area contributed by atoms with E-state index in [0.29, 0.717) is 12.8 Å². The average Bonchev–Trinajstić information content (AvgIpc) is 2.36. The summed E-state index contributed by atoms with van der Waals surface area (Å²) in [7, 11) is -7.59. The van der Waals surface area contributed by atoms with Crippen LogP contribution in [0.3, 0.4) is 0 Å². The molecule has 0 fully saturated rings. The van der Waals surface area contributed by atoms with Crippen molar-refractivity contribution in [2.45, 2.75) is 77.0 Å². The molecule has 0 bridgehead atoms. The molecule has 8 heteroatoms. The predicted molar refractivity (Wildman–Crippen MR) is 88.7 cm³/mol. The molecule has 134 valence electrons. The van der Waals surface area contributed by atoms with Crippen molar-refractivity contribution in [2.75, 3.05) is 11.9 Å². The topological polar surface area (TPSA) is 112 Å². The van der Waals surface area contributed by atoms with E-state index in [0.717, 1.165) is 44.9 Å². The monoisotopic (exact) mass is 358 g/mol. The van der Waals surface area contributed by atoms with Crippen LogP contribution >= 0.6 is 7.60 Å². The number of hydrogen-bond acceptors (Lipinski definition) is 3. The van der Waals surface area contributed by atoms with Gasteiger partial charge in [-0.05, 0) is 12.8 Å². The van der Waals surface area contributed by atoms with Crippen molar-refractivity contribution in [3.05, 3.63) is 0 Å². The zero-order chi connectivity index (χ0) is 16.9. The molecule has 0 heterocycles. The van der Waals surface area contributed by atoms with Crippen molar-refractivity contribution in [3.63, 3.8) is 0 Å². The number of hydrogen-bond donors (Lipinski definition) is 3.